The van der Waals surface area contributed by atoms with Crippen LogP contribution in [0.1, 0.15) is 35.4 Å². The van der Waals surface area contributed by atoms with Crippen LogP contribution in [0.5, 0.6) is 11.5 Å². The van der Waals surface area contributed by atoms with Gasteiger partial charge in [0.15, 0.2) is 0 Å². The molecular formula is C33H38N2O3. The van der Waals surface area contributed by atoms with Gasteiger partial charge in [-0.15, -0.1) is 0 Å². The maximum Gasteiger partial charge on any atom is 0.124 e. The smallest absolute Gasteiger partial charge is 0.124 e. The van der Waals surface area contributed by atoms with Crippen molar-refractivity contribution >= 4 is 10.8 Å². The molecule has 1 heterocycles. The fraction of sp³-hybridized carbons (Fsp3) is 0.333. The second-order valence-corrected chi connectivity index (χ2v) is 9.90. The van der Waals surface area contributed by atoms with Gasteiger partial charge in [0.25, 0.3) is 0 Å². The van der Waals surface area contributed by atoms with Crippen molar-refractivity contribution in [1.82, 2.24) is 10.6 Å². The third-order valence-corrected chi connectivity index (χ3v) is 7.32. The van der Waals surface area contributed by atoms with E-state index in [0.717, 1.165) is 49.5 Å². The SMILES string of the molecule is COc1ccccc1COCCCOc1ccc([C@@H]2CCNC[C@@H]2NCc2ccc3ccccc3c2)cc1. The van der Waals surface area contributed by atoms with Gasteiger partial charge in [-0.25, -0.2) is 0 Å². The van der Waals surface area contributed by atoms with E-state index in [-0.39, 0.29) is 0 Å². The van der Waals surface area contributed by atoms with E-state index in [1.165, 1.54) is 21.9 Å². The van der Waals surface area contributed by atoms with Crippen molar-refractivity contribution in [2.75, 3.05) is 33.4 Å². The molecule has 0 bridgehead atoms. The summed E-state index contributed by atoms with van der Waals surface area (Å²) in [6.07, 6.45) is 1.96. The maximum absolute atomic E-state index is 5.98. The third-order valence-electron chi connectivity index (χ3n) is 7.32. The van der Waals surface area contributed by atoms with Crippen molar-refractivity contribution in [2.45, 2.75) is 38.0 Å². The Balaban J connectivity index is 1.08. The van der Waals surface area contributed by atoms with Crippen molar-refractivity contribution < 1.29 is 14.2 Å². The molecule has 1 aliphatic rings. The van der Waals surface area contributed by atoms with Crippen molar-refractivity contribution in [1.29, 1.82) is 0 Å². The largest absolute Gasteiger partial charge is 0.496 e. The van der Waals surface area contributed by atoms with Crippen LogP contribution in [0.4, 0.5) is 0 Å². The van der Waals surface area contributed by atoms with E-state index in [0.29, 0.717) is 31.8 Å². The first kappa shape index (κ1) is 26.2. The number of methoxy groups -OCH3 is 1. The lowest BCUT2D eigenvalue weighted by molar-refractivity contribution is 0.105. The lowest BCUT2D eigenvalue weighted by Crippen LogP contribution is -2.47. The van der Waals surface area contributed by atoms with Gasteiger partial charge in [0.05, 0.1) is 26.9 Å². The molecule has 0 spiro atoms. The Labute approximate surface area is 226 Å². The van der Waals surface area contributed by atoms with E-state index < -0.39 is 0 Å². The second kappa shape index (κ2) is 13.4. The summed E-state index contributed by atoms with van der Waals surface area (Å²) >= 11 is 0. The predicted molar refractivity (Wildman–Crippen MR) is 154 cm³/mol. The van der Waals surface area contributed by atoms with Crippen molar-refractivity contribution in [2.24, 2.45) is 0 Å². The van der Waals surface area contributed by atoms with Crippen LogP contribution in [0, 0.1) is 0 Å². The lowest BCUT2D eigenvalue weighted by Gasteiger charge is -2.33. The molecule has 198 valence electrons. The van der Waals surface area contributed by atoms with Crippen molar-refractivity contribution in [3.63, 3.8) is 0 Å². The number of piperidine rings is 1. The lowest BCUT2D eigenvalue weighted by atomic mass is 9.86. The van der Waals surface area contributed by atoms with Gasteiger partial charge < -0.3 is 24.8 Å². The molecule has 38 heavy (non-hydrogen) atoms. The fourth-order valence-corrected chi connectivity index (χ4v) is 5.24. The summed E-state index contributed by atoms with van der Waals surface area (Å²) in [5.41, 5.74) is 3.76. The molecule has 0 radical (unpaired) electrons. The quantitative estimate of drug-likeness (QED) is 0.227. The van der Waals surface area contributed by atoms with E-state index in [4.69, 9.17) is 14.2 Å². The van der Waals surface area contributed by atoms with Crippen molar-refractivity contribution in [3.8, 4) is 11.5 Å². The Bertz CT molecular complexity index is 1290. The number of hydrogen-bond donors (Lipinski definition) is 2. The van der Waals surface area contributed by atoms with Gasteiger partial charge in [0, 0.05) is 37.0 Å². The maximum atomic E-state index is 5.98. The molecular weight excluding hydrogens is 472 g/mol. The molecule has 0 aromatic heterocycles. The average Bonchev–Trinajstić information content (AvgIpc) is 2.98. The Hall–Kier alpha value is -3.38. The fourth-order valence-electron chi connectivity index (χ4n) is 5.24. The van der Waals surface area contributed by atoms with Crippen LogP contribution in [-0.4, -0.2) is 39.5 Å². The zero-order valence-corrected chi connectivity index (χ0v) is 22.2. The number of ether oxygens (including phenoxy) is 3. The first-order chi connectivity index (χ1) is 18.8. The Morgan fingerprint density at radius 2 is 1.68 bits per heavy atom. The molecule has 2 N–H and O–H groups in total. The number of fused-ring (bicyclic) bond motifs is 1. The topological polar surface area (TPSA) is 51.8 Å². The minimum atomic E-state index is 0.391. The minimum absolute atomic E-state index is 0.391. The summed E-state index contributed by atoms with van der Waals surface area (Å²) in [6, 6.07) is 32.3. The molecule has 4 aromatic rings. The molecule has 1 aliphatic heterocycles. The minimum Gasteiger partial charge on any atom is -0.496 e. The summed E-state index contributed by atoms with van der Waals surface area (Å²) in [4.78, 5) is 0. The van der Waals surface area contributed by atoms with Gasteiger partial charge in [-0.3, -0.25) is 0 Å². The monoisotopic (exact) mass is 510 g/mol. The molecule has 0 aliphatic carbocycles. The van der Waals surface area contributed by atoms with E-state index >= 15 is 0 Å². The summed E-state index contributed by atoms with van der Waals surface area (Å²) < 4.78 is 17.2. The summed E-state index contributed by atoms with van der Waals surface area (Å²) in [6.45, 7) is 4.72. The van der Waals surface area contributed by atoms with Gasteiger partial charge in [-0.05, 0) is 59.1 Å². The number of nitrogens with one attached hydrogen (secondary N) is 2. The van der Waals surface area contributed by atoms with E-state index in [9.17, 15) is 0 Å². The van der Waals surface area contributed by atoms with Gasteiger partial charge in [-0.2, -0.15) is 0 Å². The summed E-state index contributed by atoms with van der Waals surface area (Å²) in [7, 11) is 1.69. The highest BCUT2D eigenvalue weighted by atomic mass is 16.5. The molecule has 2 atom stereocenters. The highest BCUT2D eigenvalue weighted by Gasteiger charge is 2.26. The van der Waals surface area contributed by atoms with Crippen LogP contribution >= 0.6 is 0 Å². The molecule has 0 amide bonds. The van der Waals surface area contributed by atoms with Crippen LogP contribution in [0.2, 0.25) is 0 Å². The molecule has 5 heteroatoms. The van der Waals surface area contributed by atoms with Gasteiger partial charge in [0.2, 0.25) is 0 Å². The first-order valence-corrected chi connectivity index (χ1v) is 13.6. The second-order valence-electron chi connectivity index (χ2n) is 9.90. The van der Waals surface area contributed by atoms with Gasteiger partial charge >= 0.3 is 0 Å². The third kappa shape index (κ3) is 6.93. The Morgan fingerprint density at radius 3 is 2.55 bits per heavy atom. The number of para-hydroxylation sites is 1. The molecule has 4 aromatic carbocycles. The highest BCUT2D eigenvalue weighted by molar-refractivity contribution is 5.82. The van der Waals surface area contributed by atoms with E-state index in [1.807, 2.05) is 24.3 Å². The van der Waals surface area contributed by atoms with Crippen LogP contribution < -0.4 is 20.1 Å². The normalized spacial score (nSPS) is 17.4. The summed E-state index contributed by atoms with van der Waals surface area (Å²) in [5.74, 6) is 2.26. The molecule has 1 fully saturated rings. The van der Waals surface area contributed by atoms with E-state index in [1.54, 1.807) is 7.11 Å². The standard InChI is InChI=1S/C33H38N2O3/c1-36-33-10-5-4-9-29(33)24-37-19-6-20-38-30-15-13-27(14-16-30)31-17-18-34-23-32(31)35-22-25-11-12-26-7-2-3-8-28(26)21-25/h2-5,7-16,21,31-32,34-35H,6,17-20,22-24H2,1H3/t31-,32-/m0/s1. The summed E-state index contributed by atoms with van der Waals surface area (Å²) in [5, 5.41) is 9.97. The van der Waals surface area contributed by atoms with Crippen LogP contribution in [0.3, 0.4) is 0 Å². The van der Waals surface area contributed by atoms with Crippen LogP contribution in [0.25, 0.3) is 10.8 Å². The van der Waals surface area contributed by atoms with Crippen LogP contribution in [-0.2, 0) is 17.9 Å². The molecule has 5 nitrogen and oxygen atoms in total. The number of benzene rings is 4. The Morgan fingerprint density at radius 1 is 0.868 bits per heavy atom. The first-order valence-electron chi connectivity index (χ1n) is 13.6. The predicted octanol–water partition coefficient (Wildman–Crippen LogP) is 6.07. The Kier molecular flexibility index (Phi) is 9.27. The highest BCUT2D eigenvalue weighted by Crippen LogP contribution is 2.28. The molecule has 5 rings (SSSR count). The molecule has 0 saturated carbocycles. The molecule has 0 unspecified atom stereocenters. The van der Waals surface area contributed by atoms with E-state index in [2.05, 4.69) is 77.4 Å². The van der Waals surface area contributed by atoms with Crippen LogP contribution in [0.15, 0.2) is 91.0 Å². The molecule has 1 saturated heterocycles. The van der Waals surface area contributed by atoms with Gasteiger partial charge in [0.1, 0.15) is 11.5 Å². The number of rotatable bonds is 12. The zero-order chi connectivity index (χ0) is 26.0. The van der Waals surface area contributed by atoms with Crippen molar-refractivity contribution in [3.05, 3.63) is 108 Å². The zero-order valence-electron chi connectivity index (χ0n) is 22.2. The average molecular weight is 511 g/mol. The van der Waals surface area contributed by atoms with Gasteiger partial charge in [-0.1, -0.05) is 66.7 Å². The number of hydrogen-bond acceptors (Lipinski definition) is 5.